The molecule has 0 aliphatic carbocycles. The van der Waals surface area contributed by atoms with E-state index < -0.39 is 0 Å². The lowest BCUT2D eigenvalue weighted by molar-refractivity contribution is -0.114. The molecule has 10 heteroatoms. The van der Waals surface area contributed by atoms with Gasteiger partial charge in [0.2, 0.25) is 11.8 Å². The van der Waals surface area contributed by atoms with E-state index >= 15 is 0 Å². The number of aromatic nitrogens is 2. The zero-order valence-electron chi connectivity index (χ0n) is 17.7. The molecule has 0 atom stereocenters. The molecule has 0 aliphatic rings. The van der Waals surface area contributed by atoms with Gasteiger partial charge in [0, 0.05) is 36.3 Å². The number of rotatable bonds is 6. The number of hydrogen-bond acceptors (Lipinski definition) is 6. The van der Waals surface area contributed by atoms with Crippen molar-refractivity contribution < 1.29 is 14.0 Å². The first-order valence-corrected chi connectivity index (χ1v) is 11.7. The number of amides is 2. The monoisotopic (exact) mass is 482 g/mol. The van der Waals surface area contributed by atoms with Gasteiger partial charge in [-0.05, 0) is 42.0 Å². The summed E-state index contributed by atoms with van der Waals surface area (Å²) in [4.78, 5) is 41.6. The van der Waals surface area contributed by atoms with Gasteiger partial charge in [0.25, 0.3) is 5.56 Å². The van der Waals surface area contributed by atoms with Crippen LogP contribution in [0.4, 0.5) is 15.8 Å². The number of thioether (sulfide) groups is 1. The second-order valence-electron chi connectivity index (χ2n) is 7.19. The minimum Gasteiger partial charge on any atom is -0.326 e. The van der Waals surface area contributed by atoms with Crippen LogP contribution in [0.3, 0.4) is 0 Å². The summed E-state index contributed by atoms with van der Waals surface area (Å²) in [5.41, 5.74) is 2.45. The number of benzene rings is 2. The molecule has 2 amide bonds. The van der Waals surface area contributed by atoms with Crippen LogP contribution in [-0.2, 0) is 16.6 Å². The number of carbonyl (C=O) groups excluding carboxylic acids is 2. The maximum Gasteiger partial charge on any atom is 0.263 e. The fraction of sp³-hybridized carbons (Fsp3) is 0.130. The molecule has 0 saturated carbocycles. The lowest BCUT2D eigenvalue weighted by atomic mass is 10.1. The molecule has 0 bridgehead atoms. The Morgan fingerprint density at radius 1 is 1.06 bits per heavy atom. The highest BCUT2D eigenvalue weighted by atomic mass is 32.2. The van der Waals surface area contributed by atoms with E-state index in [1.807, 2.05) is 5.38 Å². The predicted molar refractivity (Wildman–Crippen MR) is 130 cm³/mol. The first kappa shape index (κ1) is 22.7. The summed E-state index contributed by atoms with van der Waals surface area (Å²) in [6.07, 6.45) is 0. The van der Waals surface area contributed by atoms with E-state index in [-0.39, 0.29) is 28.9 Å². The second-order valence-corrected chi connectivity index (χ2v) is 8.99. The van der Waals surface area contributed by atoms with Gasteiger partial charge in [-0.25, -0.2) is 9.37 Å². The van der Waals surface area contributed by atoms with Crippen molar-refractivity contribution in [2.24, 2.45) is 7.05 Å². The van der Waals surface area contributed by atoms with Crippen molar-refractivity contribution in [2.45, 2.75) is 12.1 Å². The summed E-state index contributed by atoms with van der Waals surface area (Å²) in [7, 11) is 1.61. The third-order valence-electron chi connectivity index (χ3n) is 4.75. The molecule has 0 aliphatic heterocycles. The number of halogens is 1. The van der Waals surface area contributed by atoms with Gasteiger partial charge in [-0.3, -0.25) is 19.0 Å². The molecule has 2 N–H and O–H groups in total. The first-order chi connectivity index (χ1) is 15.8. The Hall–Kier alpha value is -3.50. The molecular formula is C23H19FN4O3S2. The van der Waals surface area contributed by atoms with Crippen LogP contribution in [0.1, 0.15) is 6.92 Å². The van der Waals surface area contributed by atoms with Gasteiger partial charge in [0.1, 0.15) is 10.6 Å². The number of nitrogens with one attached hydrogen (secondary N) is 2. The normalized spacial score (nSPS) is 10.9. The van der Waals surface area contributed by atoms with E-state index in [9.17, 15) is 18.8 Å². The van der Waals surface area contributed by atoms with Crippen LogP contribution in [0.15, 0.2) is 63.9 Å². The Kier molecular flexibility index (Phi) is 6.57. The van der Waals surface area contributed by atoms with E-state index in [1.165, 1.54) is 35.0 Å². The van der Waals surface area contributed by atoms with E-state index in [1.54, 1.807) is 43.4 Å². The average Bonchev–Trinajstić information content (AvgIpc) is 3.21. The van der Waals surface area contributed by atoms with Crippen LogP contribution in [0.5, 0.6) is 0 Å². The summed E-state index contributed by atoms with van der Waals surface area (Å²) >= 11 is 2.49. The second kappa shape index (κ2) is 9.55. The topological polar surface area (TPSA) is 93.1 Å². The number of carbonyl (C=O) groups is 2. The van der Waals surface area contributed by atoms with E-state index in [4.69, 9.17) is 0 Å². The molecule has 4 aromatic rings. The Balaban J connectivity index is 1.48. The van der Waals surface area contributed by atoms with E-state index in [2.05, 4.69) is 15.6 Å². The molecule has 4 rings (SSSR count). The highest BCUT2D eigenvalue weighted by Gasteiger charge is 2.16. The zero-order valence-corrected chi connectivity index (χ0v) is 19.3. The van der Waals surface area contributed by atoms with Crippen molar-refractivity contribution in [1.29, 1.82) is 0 Å². The van der Waals surface area contributed by atoms with E-state index in [0.29, 0.717) is 32.3 Å². The minimum absolute atomic E-state index is 0.0649. The largest absolute Gasteiger partial charge is 0.326 e. The Morgan fingerprint density at radius 2 is 1.70 bits per heavy atom. The Labute approximate surface area is 196 Å². The van der Waals surface area contributed by atoms with Crippen molar-refractivity contribution >= 4 is 56.5 Å². The third kappa shape index (κ3) is 5.12. The zero-order chi connectivity index (χ0) is 23.5. The molecule has 2 aromatic carbocycles. The molecule has 168 valence electrons. The van der Waals surface area contributed by atoms with Gasteiger partial charge in [-0.15, -0.1) is 11.3 Å². The number of fused-ring (bicyclic) bond motifs is 1. The highest BCUT2D eigenvalue weighted by Crippen LogP contribution is 2.32. The maximum absolute atomic E-state index is 13.3. The predicted octanol–water partition coefficient (Wildman–Crippen LogP) is 4.49. The van der Waals surface area contributed by atoms with Crippen LogP contribution in [0.25, 0.3) is 21.3 Å². The Bertz CT molecular complexity index is 1400. The molecule has 0 spiro atoms. The number of hydrogen-bond donors (Lipinski definition) is 2. The first-order valence-electron chi connectivity index (χ1n) is 9.86. The fourth-order valence-electron chi connectivity index (χ4n) is 3.19. The molecule has 0 fully saturated rings. The van der Waals surface area contributed by atoms with Crippen molar-refractivity contribution in [1.82, 2.24) is 9.55 Å². The van der Waals surface area contributed by atoms with Crippen LogP contribution in [0, 0.1) is 5.82 Å². The van der Waals surface area contributed by atoms with Gasteiger partial charge >= 0.3 is 0 Å². The molecular weight excluding hydrogens is 463 g/mol. The highest BCUT2D eigenvalue weighted by molar-refractivity contribution is 7.99. The van der Waals surface area contributed by atoms with Crippen molar-refractivity contribution in [3.8, 4) is 11.1 Å². The molecule has 33 heavy (non-hydrogen) atoms. The SMILES string of the molecule is CC(=O)Nc1ccc(NC(=O)CSc2nc3scc(-c4ccc(F)cc4)c3c(=O)n2C)cc1. The van der Waals surface area contributed by atoms with Gasteiger partial charge in [0.05, 0.1) is 11.1 Å². The van der Waals surface area contributed by atoms with Gasteiger partial charge in [-0.1, -0.05) is 23.9 Å². The lowest BCUT2D eigenvalue weighted by Crippen LogP contribution is -2.21. The van der Waals surface area contributed by atoms with Gasteiger partial charge in [-0.2, -0.15) is 0 Å². The maximum atomic E-state index is 13.3. The number of nitrogens with zero attached hydrogens (tertiary/aromatic N) is 2. The lowest BCUT2D eigenvalue weighted by Gasteiger charge is -2.09. The van der Waals surface area contributed by atoms with Crippen molar-refractivity contribution in [2.75, 3.05) is 16.4 Å². The molecule has 2 aromatic heterocycles. The molecule has 0 unspecified atom stereocenters. The standard InChI is InChI=1S/C23H19FN4O3S2/c1-13(29)25-16-7-9-17(10-8-16)26-19(30)12-33-23-27-21-20(22(31)28(23)2)18(11-32-21)14-3-5-15(24)6-4-14/h3-11H,12H2,1-2H3,(H,25,29)(H,26,30). The van der Waals surface area contributed by atoms with Crippen LogP contribution in [0.2, 0.25) is 0 Å². The molecule has 7 nitrogen and oxygen atoms in total. The number of thiophene rings is 1. The van der Waals surface area contributed by atoms with Gasteiger partial charge in [0.15, 0.2) is 5.16 Å². The van der Waals surface area contributed by atoms with Crippen molar-refractivity contribution in [3.63, 3.8) is 0 Å². The van der Waals surface area contributed by atoms with Crippen molar-refractivity contribution in [3.05, 3.63) is 70.1 Å². The molecule has 2 heterocycles. The van der Waals surface area contributed by atoms with Crippen LogP contribution in [-0.4, -0.2) is 27.1 Å². The Morgan fingerprint density at radius 3 is 2.33 bits per heavy atom. The summed E-state index contributed by atoms with van der Waals surface area (Å²) in [5, 5.41) is 8.17. The summed E-state index contributed by atoms with van der Waals surface area (Å²) in [6, 6.07) is 12.7. The quantitative estimate of drug-likeness (QED) is 0.312. The van der Waals surface area contributed by atoms with Gasteiger partial charge < -0.3 is 10.6 Å². The minimum atomic E-state index is -0.343. The summed E-state index contributed by atoms with van der Waals surface area (Å²) in [6.45, 7) is 1.42. The van der Waals surface area contributed by atoms with Crippen LogP contribution >= 0.6 is 23.1 Å². The fourth-order valence-corrected chi connectivity index (χ4v) is 4.95. The number of anilines is 2. The van der Waals surface area contributed by atoms with Crippen LogP contribution < -0.4 is 16.2 Å². The van der Waals surface area contributed by atoms with E-state index in [0.717, 1.165) is 17.3 Å². The smallest absolute Gasteiger partial charge is 0.263 e. The third-order valence-corrected chi connectivity index (χ3v) is 6.65. The summed E-state index contributed by atoms with van der Waals surface area (Å²) < 4.78 is 14.7. The molecule has 0 radical (unpaired) electrons. The average molecular weight is 483 g/mol. The summed E-state index contributed by atoms with van der Waals surface area (Å²) in [5.74, 6) is -0.700. The molecule has 0 saturated heterocycles.